The van der Waals surface area contributed by atoms with E-state index in [4.69, 9.17) is 9.47 Å². The van der Waals surface area contributed by atoms with Crippen LogP contribution < -0.4 is 9.47 Å². The Bertz CT molecular complexity index is 819. The number of nitrogens with zero attached hydrogens (tertiary/aromatic N) is 2. The summed E-state index contributed by atoms with van der Waals surface area (Å²) in [6, 6.07) is 20.3. The SMILES string of the molecule is COc1ccc(CCCN(C)Cc2ccccc2Oc2cccnc2)cc1. The van der Waals surface area contributed by atoms with E-state index in [1.165, 1.54) is 11.1 Å². The van der Waals surface area contributed by atoms with Crippen molar-refractivity contribution in [2.24, 2.45) is 0 Å². The number of hydrogen-bond donors (Lipinski definition) is 0. The van der Waals surface area contributed by atoms with Gasteiger partial charge in [-0.15, -0.1) is 0 Å². The van der Waals surface area contributed by atoms with Crippen molar-refractivity contribution >= 4 is 0 Å². The van der Waals surface area contributed by atoms with Crippen LogP contribution in [0.2, 0.25) is 0 Å². The fourth-order valence-corrected chi connectivity index (χ4v) is 2.98. The molecule has 0 atom stereocenters. The Morgan fingerprint density at radius 1 is 0.926 bits per heavy atom. The van der Waals surface area contributed by atoms with Gasteiger partial charge >= 0.3 is 0 Å². The Balaban J connectivity index is 1.52. The first-order valence-electron chi connectivity index (χ1n) is 9.22. The number of hydrogen-bond acceptors (Lipinski definition) is 4. The first-order valence-corrected chi connectivity index (χ1v) is 9.22. The molecule has 0 fully saturated rings. The van der Waals surface area contributed by atoms with Crippen LogP contribution in [0.1, 0.15) is 17.5 Å². The van der Waals surface area contributed by atoms with Gasteiger partial charge in [0.1, 0.15) is 17.2 Å². The molecule has 4 nitrogen and oxygen atoms in total. The van der Waals surface area contributed by atoms with Gasteiger partial charge in [0, 0.05) is 18.3 Å². The van der Waals surface area contributed by atoms with E-state index in [1.807, 2.05) is 36.4 Å². The normalized spacial score (nSPS) is 10.8. The number of pyridine rings is 1. The van der Waals surface area contributed by atoms with E-state index in [2.05, 4.69) is 41.2 Å². The largest absolute Gasteiger partial charge is 0.497 e. The third-order valence-corrected chi connectivity index (χ3v) is 4.44. The minimum atomic E-state index is 0.757. The maximum Gasteiger partial charge on any atom is 0.145 e. The molecule has 1 heterocycles. The molecule has 1 aromatic heterocycles. The number of benzene rings is 2. The lowest BCUT2D eigenvalue weighted by Gasteiger charge is -2.19. The van der Waals surface area contributed by atoms with Gasteiger partial charge in [-0.05, 0) is 62.3 Å². The highest BCUT2D eigenvalue weighted by Crippen LogP contribution is 2.25. The maximum absolute atomic E-state index is 6.00. The standard InChI is InChI=1S/C23H26N2O2/c1-25(16-6-7-19-11-13-21(26-2)14-12-19)18-20-8-3-4-10-23(20)27-22-9-5-15-24-17-22/h3-5,8-15,17H,6-7,16,18H2,1-2H3. The molecule has 0 N–H and O–H groups in total. The Morgan fingerprint density at radius 3 is 2.48 bits per heavy atom. The third-order valence-electron chi connectivity index (χ3n) is 4.44. The van der Waals surface area contributed by atoms with Crippen molar-refractivity contribution < 1.29 is 9.47 Å². The number of ether oxygens (including phenoxy) is 2. The summed E-state index contributed by atoms with van der Waals surface area (Å²) in [4.78, 5) is 6.44. The molecule has 0 saturated heterocycles. The van der Waals surface area contributed by atoms with Crippen molar-refractivity contribution in [1.29, 1.82) is 0 Å². The molecule has 0 aliphatic carbocycles. The Morgan fingerprint density at radius 2 is 1.74 bits per heavy atom. The lowest BCUT2D eigenvalue weighted by Crippen LogP contribution is -2.20. The van der Waals surface area contributed by atoms with E-state index >= 15 is 0 Å². The summed E-state index contributed by atoms with van der Waals surface area (Å²) in [6.45, 7) is 1.87. The first kappa shape index (κ1) is 18.9. The summed E-state index contributed by atoms with van der Waals surface area (Å²) in [6.07, 6.45) is 5.64. The molecule has 27 heavy (non-hydrogen) atoms. The van der Waals surface area contributed by atoms with Gasteiger partial charge in [-0.3, -0.25) is 4.98 Å². The van der Waals surface area contributed by atoms with Crippen LogP contribution in [0, 0.1) is 0 Å². The number of aromatic nitrogens is 1. The van der Waals surface area contributed by atoms with E-state index in [9.17, 15) is 0 Å². The summed E-state index contributed by atoms with van der Waals surface area (Å²) >= 11 is 0. The molecule has 0 unspecified atom stereocenters. The average Bonchev–Trinajstić information content (AvgIpc) is 2.71. The minimum Gasteiger partial charge on any atom is -0.497 e. The predicted octanol–water partition coefficient (Wildman–Crippen LogP) is 4.95. The predicted molar refractivity (Wildman–Crippen MR) is 108 cm³/mol. The molecule has 0 bridgehead atoms. The summed E-state index contributed by atoms with van der Waals surface area (Å²) in [5.74, 6) is 2.54. The van der Waals surface area contributed by atoms with Gasteiger partial charge in [-0.1, -0.05) is 30.3 Å². The fraction of sp³-hybridized carbons (Fsp3) is 0.261. The zero-order valence-corrected chi connectivity index (χ0v) is 16.0. The van der Waals surface area contributed by atoms with Gasteiger partial charge < -0.3 is 14.4 Å². The smallest absolute Gasteiger partial charge is 0.145 e. The van der Waals surface area contributed by atoms with Crippen LogP contribution in [0.15, 0.2) is 73.1 Å². The lowest BCUT2D eigenvalue weighted by atomic mass is 10.1. The van der Waals surface area contributed by atoms with Crippen LogP contribution in [0.4, 0.5) is 0 Å². The molecule has 0 spiro atoms. The van der Waals surface area contributed by atoms with E-state index in [1.54, 1.807) is 19.5 Å². The molecule has 0 aliphatic heterocycles. The number of methoxy groups -OCH3 is 1. The third kappa shape index (κ3) is 5.83. The highest BCUT2D eigenvalue weighted by molar-refractivity contribution is 5.37. The highest BCUT2D eigenvalue weighted by Gasteiger charge is 2.08. The van der Waals surface area contributed by atoms with Crippen molar-refractivity contribution in [2.75, 3.05) is 20.7 Å². The topological polar surface area (TPSA) is 34.6 Å². The Labute approximate surface area is 161 Å². The molecular formula is C23H26N2O2. The quantitative estimate of drug-likeness (QED) is 0.540. The molecule has 0 aliphatic rings. The van der Waals surface area contributed by atoms with Gasteiger partial charge in [0.15, 0.2) is 0 Å². The van der Waals surface area contributed by atoms with Gasteiger partial charge in [0.05, 0.1) is 13.3 Å². The molecule has 0 amide bonds. The van der Waals surface area contributed by atoms with Crippen LogP contribution >= 0.6 is 0 Å². The van der Waals surface area contributed by atoms with E-state index in [0.717, 1.165) is 43.2 Å². The lowest BCUT2D eigenvalue weighted by molar-refractivity contribution is 0.317. The second kappa shape index (κ2) is 9.74. The van der Waals surface area contributed by atoms with Gasteiger partial charge in [0.25, 0.3) is 0 Å². The molecule has 3 aromatic rings. The molecule has 0 radical (unpaired) electrons. The van der Waals surface area contributed by atoms with Crippen molar-refractivity contribution in [2.45, 2.75) is 19.4 Å². The number of rotatable bonds is 9. The van der Waals surface area contributed by atoms with E-state index in [0.29, 0.717) is 0 Å². The van der Waals surface area contributed by atoms with Crippen LogP contribution in [0.5, 0.6) is 17.2 Å². The molecule has 3 rings (SSSR count). The van der Waals surface area contributed by atoms with Gasteiger partial charge in [-0.25, -0.2) is 0 Å². The molecular weight excluding hydrogens is 336 g/mol. The molecule has 4 heteroatoms. The van der Waals surface area contributed by atoms with Crippen molar-refractivity contribution in [3.63, 3.8) is 0 Å². The van der Waals surface area contributed by atoms with Crippen LogP contribution in [0.3, 0.4) is 0 Å². The van der Waals surface area contributed by atoms with Gasteiger partial charge in [-0.2, -0.15) is 0 Å². The zero-order valence-electron chi connectivity index (χ0n) is 16.0. The first-order chi connectivity index (χ1) is 13.2. The Hall–Kier alpha value is -2.85. The van der Waals surface area contributed by atoms with Crippen molar-refractivity contribution in [3.8, 4) is 17.2 Å². The van der Waals surface area contributed by atoms with Gasteiger partial charge in [0.2, 0.25) is 0 Å². The van der Waals surface area contributed by atoms with E-state index in [-0.39, 0.29) is 0 Å². The average molecular weight is 362 g/mol. The molecule has 2 aromatic carbocycles. The van der Waals surface area contributed by atoms with E-state index < -0.39 is 0 Å². The van der Waals surface area contributed by atoms with Crippen LogP contribution in [-0.2, 0) is 13.0 Å². The van der Waals surface area contributed by atoms with Crippen LogP contribution in [0.25, 0.3) is 0 Å². The molecule has 0 saturated carbocycles. The zero-order chi connectivity index (χ0) is 18.9. The van der Waals surface area contributed by atoms with Crippen molar-refractivity contribution in [1.82, 2.24) is 9.88 Å². The minimum absolute atomic E-state index is 0.757. The summed E-state index contributed by atoms with van der Waals surface area (Å²) in [5, 5.41) is 0. The van der Waals surface area contributed by atoms with Crippen molar-refractivity contribution in [3.05, 3.63) is 84.2 Å². The summed E-state index contributed by atoms with van der Waals surface area (Å²) < 4.78 is 11.2. The fourth-order valence-electron chi connectivity index (χ4n) is 2.98. The number of aryl methyl sites for hydroxylation is 1. The number of para-hydroxylation sites is 1. The second-order valence-electron chi connectivity index (χ2n) is 6.59. The molecule has 140 valence electrons. The van der Waals surface area contributed by atoms with Crippen LogP contribution in [-0.4, -0.2) is 30.6 Å². The summed E-state index contributed by atoms with van der Waals surface area (Å²) in [5.41, 5.74) is 2.51. The second-order valence-corrected chi connectivity index (χ2v) is 6.59. The summed E-state index contributed by atoms with van der Waals surface area (Å²) in [7, 11) is 3.84. The Kier molecular flexibility index (Phi) is 6.83. The highest BCUT2D eigenvalue weighted by atomic mass is 16.5. The monoisotopic (exact) mass is 362 g/mol. The maximum atomic E-state index is 6.00.